The summed E-state index contributed by atoms with van der Waals surface area (Å²) in [6, 6.07) is 5.03. The molecule has 0 radical (unpaired) electrons. The normalized spacial score (nSPS) is 14.1. The minimum atomic E-state index is -0.185. The predicted octanol–water partition coefficient (Wildman–Crippen LogP) is 3.48. The zero-order valence-electron chi connectivity index (χ0n) is 9.83. The molecule has 1 aliphatic carbocycles. The van der Waals surface area contributed by atoms with Crippen molar-refractivity contribution in [2.75, 3.05) is 13.1 Å². The molecule has 0 atom stereocenters. The second-order valence-electron chi connectivity index (χ2n) is 4.43. The highest BCUT2D eigenvalue weighted by Gasteiger charge is 2.28. The van der Waals surface area contributed by atoms with Gasteiger partial charge in [0.05, 0.1) is 22.2 Å². The van der Waals surface area contributed by atoms with E-state index < -0.39 is 0 Å². The highest BCUT2D eigenvalue weighted by atomic mass is 35.5. The average Bonchev–Trinajstić information content (AvgIpc) is 3.12. The second-order valence-corrected chi connectivity index (χ2v) is 5.24. The molecule has 0 aliphatic heterocycles. The lowest BCUT2D eigenvalue weighted by molar-refractivity contribution is 0.0770. The molecule has 1 amide bonds. The Bertz CT molecular complexity index is 483. The van der Waals surface area contributed by atoms with Crippen LogP contribution in [0, 0.1) is 18.3 Å². The fraction of sp³-hybridized carbons (Fsp3) is 0.357. The first kappa shape index (κ1) is 13.3. The first-order valence-electron chi connectivity index (χ1n) is 5.80. The largest absolute Gasteiger partial charge is 0.327 e. The molecule has 94 valence electrons. The highest BCUT2D eigenvalue weighted by Crippen LogP contribution is 2.31. The van der Waals surface area contributed by atoms with Crippen LogP contribution in [0.25, 0.3) is 0 Å². The summed E-state index contributed by atoms with van der Waals surface area (Å²) in [7, 11) is 0. The number of terminal acetylenes is 1. The number of benzene rings is 1. The summed E-state index contributed by atoms with van der Waals surface area (Å²) in [4.78, 5) is 14.0. The zero-order valence-corrected chi connectivity index (χ0v) is 11.3. The maximum absolute atomic E-state index is 12.4. The van der Waals surface area contributed by atoms with E-state index in [1.54, 1.807) is 23.1 Å². The maximum Gasteiger partial charge on any atom is 0.257 e. The SMILES string of the molecule is C#CCN(CC1CC1)C(=O)c1c(Cl)cccc1Cl. The van der Waals surface area contributed by atoms with E-state index in [0.717, 1.165) is 12.8 Å². The third-order valence-electron chi connectivity index (χ3n) is 2.92. The lowest BCUT2D eigenvalue weighted by Crippen LogP contribution is -2.33. The van der Waals surface area contributed by atoms with Gasteiger partial charge in [0.2, 0.25) is 0 Å². The number of halogens is 2. The van der Waals surface area contributed by atoms with Crippen LogP contribution in [-0.4, -0.2) is 23.9 Å². The van der Waals surface area contributed by atoms with Gasteiger partial charge < -0.3 is 4.90 Å². The molecule has 2 rings (SSSR count). The first-order valence-corrected chi connectivity index (χ1v) is 6.56. The van der Waals surface area contributed by atoms with E-state index in [1.807, 2.05) is 0 Å². The molecule has 0 saturated heterocycles. The summed E-state index contributed by atoms with van der Waals surface area (Å²) in [5.41, 5.74) is 0.344. The Morgan fingerprint density at radius 2 is 2.00 bits per heavy atom. The van der Waals surface area contributed by atoms with Gasteiger partial charge in [-0.25, -0.2) is 0 Å². The van der Waals surface area contributed by atoms with E-state index in [-0.39, 0.29) is 12.5 Å². The Morgan fingerprint density at radius 1 is 1.39 bits per heavy atom. The van der Waals surface area contributed by atoms with Gasteiger partial charge in [0, 0.05) is 6.54 Å². The Morgan fingerprint density at radius 3 is 2.50 bits per heavy atom. The maximum atomic E-state index is 12.4. The van der Waals surface area contributed by atoms with E-state index in [0.29, 0.717) is 28.1 Å². The van der Waals surface area contributed by atoms with Crippen LogP contribution in [0.2, 0.25) is 10.0 Å². The van der Waals surface area contributed by atoms with Crippen molar-refractivity contribution in [1.29, 1.82) is 0 Å². The van der Waals surface area contributed by atoms with Gasteiger partial charge >= 0.3 is 0 Å². The number of amides is 1. The van der Waals surface area contributed by atoms with Gasteiger partial charge in [-0.05, 0) is 30.9 Å². The highest BCUT2D eigenvalue weighted by molar-refractivity contribution is 6.39. The molecule has 1 saturated carbocycles. The molecule has 18 heavy (non-hydrogen) atoms. The Balaban J connectivity index is 2.24. The number of hydrogen-bond acceptors (Lipinski definition) is 1. The van der Waals surface area contributed by atoms with E-state index in [9.17, 15) is 4.79 Å². The molecule has 1 aromatic carbocycles. The number of nitrogens with zero attached hydrogens (tertiary/aromatic N) is 1. The van der Waals surface area contributed by atoms with Gasteiger partial charge in [0.1, 0.15) is 0 Å². The minimum Gasteiger partial charge on any atom is -0.327 e. The molecule has 1 aromatic rings. The van der Waals surface area contributed by atoms with Crippen molar-refractivity contribution in [3.05, 3.63) is 33.8 Å². The average molecular weight is 282 g/mol. The number of carbonyl (C=O) groups excluding carboxylic acids is 1. The van der Waals surface area contributed by atoms with Crippen LogP contribution in [0.5, 0.6) is 0 Å². The van der Waals surface area contributed by atoms with Gasteiger partial charge in [-0.3, -0.25) is 4.79 Å². The number of hydrogen-bond donors (Lipinski definition) is 0. The molecule has 0 bridgehead atoms. The second kappa shape index (κ2) is 5.65. The van der Waals surface area contributed by atoms with Crippen LogP contribution < -0.4 is 0 Å². The lowest BCUT2D eigenvalue weighted by atomic mass is 10.2. The quantitative estimate of drug-likeness (QED) is 0.774. The molecule has 0 spiro atoms. The predicted molar refractivity (Wildman–Crippen MR) is 73.9 cm³/mol. The van der Waals surface area contributed by atoms with Gasteiger partial charge in [0.25, 0.3) is 5.91 Å². The topological polar surface area (TPSA) is 20.3 Å². The number of rotatable bonds is 4. The first-order chi connectivity index (χ1) is 8.63. The van der Waals surface area contributed by atoms with E-state index in [4.69, 9.17) is 29.6 Å². The summed E-state index contributed by atoms with van der Waals surface area (Å²) in [5.74, 6) is 2.90. The Hall–Kier alpha value is -1.17. The van der Waals surface area contributed by atoms with Crippen LogP contribution >= 0.6 is 23.2 Å². The Kier molecular flexibility index (Phi) is 4.16. The molecule has 2 nitrogen and oxygen atoms in total. The van der Waals surface area contributed by atoms with Crippen LogP contribution in [0.15, 0.2) is 18.2 Å². The smallest absolute Gasteiger partial charge is 0.257 e. The van der Waals surface area contributed by atoms with Gasteiger partial charge in [0.15, 0.2) is 0 Å². The van der Waals surface area contributed by atoms with Crippen molar-refractivity contribution >= 4 is 29.1 Å². The summed E-state index contributed by atoms with van der Waals surface area (Å²) in [5, 5.41) is 0.732. The molecule has 0 N–H and O–H groups in total. The van der Waals surface area contributed by atoms with E-state index >= 15 is 0 Å². The summed E-state index contributed by atoms with van der Waals surface area (Å²) in [6.45, 7) is 0.974. The fourth-order valence-electron chi connectivity index (χ4n) is 1.80. The van der Waals surface area contributed by atoms with Gasteiger partial charge in [-0.1, -0.05) is 35.2 Å². The Labute approximate surface area is 117 Å². The fourth-order valence-corrected chi connectivity index (χ4v) is 2.36. The van der Waals surface area contributed by atoms with Crippen molar-refractivity contribution in [2.45, 2.75) is 12.8 Å². The molecule has 0 unspecified atom stereocenters. The van der Waals surface area contributed by atoms with Crippen molar-refractivity contribution in [1.82, 2.24) is 4.90 Å². The molecule has 1 fully saturated rings. The monoisotopic (exact) mass is 281 g/mol. The van der Waals surface area contributed by atoms with E-state index in [1.165, 1.54) is 0 Å². The molecule has 1 aliphatic rings. The van der Waals surface area contributed by atoms with Crippen molar-refractivity contribution < 1.29 is 4.79 Å². The summed E-state index contributed by atoms with van der Waals surface area (Å²) >= 11 is 12.1. The molecule has 0 aromatic heterocycles. The van der Waals surface area contributed by atoms with Gasteiger partial charge in [-0.2, -0.15) is 0 Å². The molecule has 0 heterocycles. The minimum absolute atomic E-state index is 0.185. The third-order valence-corrected chi connectivity index (χ3v) is 3.55. The van der Waals surface area contributed by atoms with Crippen molar-refractivity contribution in [3.8, 4) is 12.3 Å². The number of carbonyl (C=O) groups is 1. The van der Waals surface area contributed by atoms with Crippen LogP contribution in [-0.2, 0) is 0 Å². The molecular formula is C14H13Cl2NO. The van der Waals surface area contributed by atoms with Crippen molar-refractivity contribution in [3.63, 3.8) is 0 Å². The standard InChI is InChI=1S/C14H13Cl2NO/c1-2-8-17(9-10-6-7-10)14(18)13-11(15)4-3-5-12(13)16/h1,3-5,10H,6-9H2. The van der Waals surface area contributed by atoms with Crippen LogP contribution in [0.3, 0.4) is 0 Å². The third kappa shape index (κ3) is 2.98. The van der Waals surface area contributed by atoms with Gasteiger partial charge in [-0.15, -0.1) is 6.42 Å². The van der Waals surface area contributed by atoms with Crippen molar-refractivity contribution in [2.24, 2.45) is 5.92 Å². The zero-order chi connectivity index (χ0) is 13.1. The molecule has 4 heteroatoms. The van der Waals surface area contributed by atoms with Crippen LogP contribution in [0.4, 0.5) is 0 Å². The van der Waals surface area contributed by atoms with E-state index in [2.05, 4.69) is 5.92 Å². The molecular weight excluding hydrogens is 269 g/mol. The summed E-state index contributed by atoms with van der Waals surface area (Å²) in [6.07, 6.45) is 7.62. The van der Waals surface area contributed by atoms with Crippen LogP contribution in [0.1, 0.15) is 23.2 Å². The lowest BCUT2D eigenvalue weighted by Gasteiger charge is -2.21. The summed E-state index contributed by atoms with van der Waals surface area (Å²) < 4.78 is 0.